The number of aryl methyl sites for hydroxylation is 1. The molecule has 0 aromatic heterocycles. The van der Waals surface area contributed by atoms with E-state index in [1.165, 1.54) is 33.4 Å². The van der Waals surface area contributed by atoms with E-state index in [2.05, 4.69) is 84.9 Å². The Labute approximate surface area is 167 Å². The first-order valence-electron chi connectivity index (χ1n) is 10.1. The second-order valence-electron chi connectivity index (χ2n) is 7.63. The van der Waals surface area contributed by atoms with Crippen LogP contribution in [0.3, 0.4) is 0 Å². The third-order valence-corrected chi connectivity index (χ3v) is 6.06. The number of ether oxygens (including phenoxy) is 1. The molecule has 0 amide bonds. The van der Waals surface area contributed by atoms with Gasteiger partial charge in [-0.25, -0.2) is 0 Å². The van der Waals surface area contributed by atoms with Crippen molar-refractivity contribution in [1.82, 2.24) is 0 Å². The van der Waals surface area contributed by atoms with E-state index in [4.69, 9.17) is 4.74 Å². The number of hydrogen-bond acceptors (Lipinski definition) is 1. The first-order chi connectivity index (χ1) is 13.8. The van der Waals surface area contributed by atoms with Crippen LogP contribution in [0.5, 0.6) is 5.75 Å². The van der Waals surface area contributed by atoms with Crippen molar-refractivity contribution in [2.45, 2.75) is 25.2 Å². The molecule has 0 spiro atoms. The number of methoxy groups -OCH3 is 1. The molecule has 1 unspecified atom stereocenters. The van der Waals surface area contributed by atoms with E-state index in [0.29, 0.717) is 5.92 Å². The van der Waals surface area contributed by atoms with Crippen molar-refractivity contribution < 1.29 is 4.74 Å². The smallest absolute Gasteiger partial charge is 0.122 e. The zero-order valence-corrected chi connectivity index (χ0v) is 16.2. The van der Waals surface area contributed by atoms with E-state index in [1.807, 2.05) is 0 Å². The van der Waals surface area contributed by atoms with E-state index >= 15 is 0 Å². The first kappa shape index (κ1) is 17.1. The highest BCUT2D eigenvalue weighted by Gasteiger charge is 2.29. The van der Waals surface area contributed by atoms with E-state index in [0.717, 1.165) is 25.0 Å². The molecule has 3 aromatic rings. The van der Waals surface area contributed by atoms with Gasteiger partial charge in [0.1, 0.15) is 5.75 Å². The molecular formula is C27H24O. The molecule has 0 radical (unpaired) electrons. The van der Waals surface area contributed by atoms with Gasteiger partial charge in [-0.15, -0.1) is 0 Å². The lowest BCUT2D eigenvalue weighted by Gasteiger charge is -2.32. The van der Waals surface area contributed by atoms with Crippen LogP contribution in [0.4, 0.5) is 0 Å². The van der Waals surface area contributed by atoms with Crippen LogP contribution in [0.1, 0.15) is 41.0 Å². The molecule has 0 N–H and O–H groups in total. The highest BCUT2D eigenvalue weighted by atomic mass is 16.5. The van der Waals surface area contributed by atoms with Gasteiger partial charge in [0.2, 0.25) is 0 Å². The molecule has 1 nitrogen and oxygen atoms in total. The Morgan fingerprint density at radius 1 is 0.786 bits per heavy atom. The van der Waals surface area contributed by atoms with Crippen molar-refractivity contribution >= 4 is 11.1 Å². The standard InChI is InChI=1S/C27H24O/c1-28-26-14-8-7-12-23(26)22-17-21-16-15-20-11-5-6-13-24(20)27(21)25(18-22)19-9-3-2-4-10-19/h2-14,18,22H,15-17H2,1H3. The van der Waals surface area contributed by atoms with Crippen molar-refractivity contribution in [3.63, 3.8) is 0 Å². The molecule has 0 bridgehead atoms. The molecule has 1 heteroatoms. The Morgan fingerprint density at radius 3 is 2.39 bits per heavy atom. The van der Waals surface area contributed by atoms with E-state index in [9.17, 15) is 0 Å². The number of hydrogen-bond donors (Lipinski definition) is 0. The number of allylic oxidation sites excluding steroid dienone is 4. The molecule has 0 saturated carbocycles. The largest absolute Gasteiger partial charge is 0.496 e. The van der Waals surface area contributed by atoms with E-state index in [1.54, 1.807) is 12.7 Å². The molecule has 0 aliphatic heterocycles. The summed E-state index contributed by atoms with van der Waals surface area (Å²) < 4.78 is 5.69. The van der Waals surface area contributed by atoms with Crippen molar-refractivity contribution in [1.29, 1.82) is 0 Å². The lowest BCUT2D eigenvalue weighted by Crippen LogP contribution is -2.14. The maximum Gasteiger partial charge on any atom is 0.122 e. The minimum Gasteiger partial charge on any atom is -0.496 e. The summed E-state index contributed by atoms with van der Waals surface area (Å²) in [5, 5.41) is 0. The van der Waals surface area contributed by atoms with Gasteiger partial charge in [-0.05, 0) is 53.2 Å². The van der Waals surface area contributed by atoms with Crippen LogP contribution in [0.2, 0.25) is 0 Å². The van der Waals surface area contributed by atoms with Crippen LogP contribution in [0.15, 0.2) is 90.5 Å². The summed E-state index contributed by atoms with van der Waals surface area (Å²) in [6, 6.07) is 28.2. The lowest BCUT2D eigenvalue weighted by molar-refractivity contribution is 0.407. The van der Waals surface area contributed by atoms with Crippen LogP contribution in [-0.4, -0.2) is 7.11 Å². The van der Waals surface area contributed by atoms with Gasteiger partial charge < -0.3 is 4.74 Å². The zero-order valence-electron chi connectivity index (χ0n) is 16.2. The van der Waals surface area contributed by atoms with E-state index in [-0.39, 0.29) is 0 Å². The lowest BCUT2D eigenvalue weighted by atomic mass is 9.72. The Hall–Kier alpha value is -3.06. The fourth-order valence-electron chi connectivity index (χ4n) is 4.76. The van der Waals surface area contributed by atoms with Crippen molar-refractivity contribution in [3.8, 4) is 5.75 Å². The third kappa shape index (κ3) is 2.88. The topological polar surface area (TPSA) is 9.23 Å². The molecule has 138 valence electrons. The van der Waals surface area contributed by atoms with Crippen molar-refractivity contribution in [2.24, 2.45) is 0 Å². The Balaban J connectivity index is 1.69. The number of para-hydroxylation sites is 1. The fraction of sp³-hybridized carbons (Fsp3) is 0.185. The summed E-state index contributed by atoms with van der Waals surface area (Å²) in [7, 11) is 1.77. The van der Waals surface area contributed by atoms with Crippen LogP contribution in [0, 0.1) is 0 Å². The van der Waals surface area contributed by atoms with Gasteiger partial charge in [0.25, 0.3) is 0 Å². The second kappa shape index (κ2) is 7.16. The number of benzene rings is 3. The average Bonchev–Trinajstić information content (AvgIpc) is 2.78. The van der Waals surface area contributed by atoms with Crippen LogP contribution in [0.25, 0.3) is 11.1 Å². The Bertz CT molecular complexity index is 1070. The predicted molar refractivity (Wildman–Crippen MR) is 116 cm³/mol. The SMILES string of the molecule is COc1ccccc1C1C=C(c2ccccc2)C2=C(CCc3ccccc32)C1. The van der Waals surface area contributed by atoms with Crippen molar-refractivity contribution in [2.75, 3.05) is 7.11 Å². The summed E-state index contributed by atoms with van der Waals surface area (Å²) in [4.78, 5) is 0. The maximum atomic E-state index is 5.69. The highest BCUT2D eigenvalue weighted by Crippen LogP contribution is 2.49. The summed E-state index contributed by atoms with van der Waals surface area (Å²) in [5.74, 6) is 1.33. The molecule has 0 heterocycles. The molecule has 28 heavy (non-hydrogen) atoms. The quantitative estimate of drug-likeness (QED) is 0.504. The molecule has 1 atom stereocenters. The molecular weight excluding hydrogens is 340 g/mol. The van der Waals surface area contributed by atoms with Crippen LogP contribution in [-0.2, 0) is 6.42 Å². The fourth-order valence-corrected chi connectivity index (χ4v) is 4.76. The summed E-state index contributed by atoms with van der Waals surface area (Å²) >= 11 is 0. The van der Waals surface area contributed by atoms with Gasteiger partial charge in [0.15, 0.2) is 0 Å². The highest BCUT2D eigenvalue weighted by molar-refractivity contribution is 6.08. The predicted octanol–water partition coefficient (Wildman–Crippen LogP) is 6.67. The minimum atomic E-state index is 0.343. The average molecular weight is 364 g/mol. The van der Waals surface area contributed by atoms with Crippen LogP contribution >= 0.6 is 0 Å². The number of rotatable bonds is 3. The van der Waals surface area contributed by atoms with Gasteiger partial charge in [-0.2, -0.15) is 0 Å². The summed E-state index contributed by atoms with van der Waals surface area (Å²) in [5.41, 5.74) is 9.87. The zero-order chi connectivity index (χ0) is 18.9. The summed E-state index contributed by atoms with van der Waals surface area (Å²) in [6.07, 6.45) is 5.81. The second-order valence-corrected chi connectivity index (χ2v) is 7.63. The molecule has 3 aromatic carbocycles. The summed E-state index contributed by atoms with van der Waals surface area (Å²) in [6.45, 7) is 0. The number of fused-ring (bicyclic) bond motifs is 2. The molecule has 2 aliphatic rings. The van der Waals surface area contributed by atoms with Gasteiger partial charge >= 0.3 is 0 Å². The van der Waals surface area contributed by atoms with Crippen molar-refractivity contribution in [3.05, 3.63) is 113 Å². The molecule has 0 saturated heterocycles. The minimum absolute atomic E-state index is 0.343. The Morgan fingerprint density at radius 2 is 1.54 bits per heavy atom. The molecule has 5 rings (SSSR count). The van der Waals surface area contributed by atoms with E-state index < -0.39 is 0 Å². The monoisotopic (exact) mass is 364 g/mol. The maximum absolute atomic E-state index is 5.69. The van der Waals surface area contributed by atoms with Gasteiger partial charge in [-0.3, -0.25) is 0 Å². The molecule has 0 fully saturated rings. The van der Waals surface area contributed by atoms with Gasteiger partial charge in [0, 0.05) is 11.5 Å². The van der Waals surface area contributed by atoms with Crippen LogP contribution < -0.4 is 4.74 Å². The van der Waals surface area contributed by atoms with Gasteiger partial charge in [0.05, 0.1) is 7.11 Å². The van der Waals surface area contributed by atoms with Gasteiger partial charge in [-0.1, -0.05) is 84.4 Å². The Kier molecular flexibility index (Phi) is 4.37. The first-order valence-corrected chi connectivity index (χ1v) is 10.1. The third-order valence-electron chi connectivity index (χ3n) is 6.06. The normalized spacial score (nSPS) is 18.2. The molecule has 2 aliphatic carbocycles.